The van der Waals surface area contributed by atoms with Crippen LogP contribution in [0.1, 0.15) is 11.3 Å². The molecule has 0 aliphatic carbocycles. The molecule has 3 aromatic rings. The van der Waals surface area contributed by atoms with E-state index in [1.165, 1.54) is 4.68 Å². The van der Waals surface area contributed by atoms with Gasteiger partial charge in [0.25, 0.3) is 5.56 Å². The number of aliphatic hydroxyl groups excluding tert-OH is 1. The molecule has 0 amide bonds. The molecule has 0 saturated carbocycles. The van der Waals surface area contributed by atoms with Crippen LogP contribution in [0.4, 0.5) is 0 Å². The highest BCUT2D eigenvalue weighted by Gasteiger charge is 2.12. The van der Waals surface area contributed by atoms with E-state index < -0.39 is 6.10 Å². The van der Waals surface area contributed by atoms with Crippen molar-refractivity contribution in [2.24, 2.45) is 0 Å². The van der Waals surface area contributed by atoms with Gasteiger partial charge in [0.05, 0.1) is 36.9 Å². The molecule has 3 rings (SSSR count). The number of aromatic nitrogens is 2. The highest BCUT2D eigenvalue weighted by atomic mass is 35.5. The molecule has 25 heavy (non-hydrogen) atoms. The fourth-order valence-electron chi connectivity index (χ4n) is 2.70. The average Bonchev–Trinajstić information content (AvgIpc) is 2.61. The van der Waals surface area contributed by atoms with Crippen molar-refractivity contribution in [3.8, 4) is 0 Å². The maximum Gasteiger partial charge on any atom is 0.274 e. The third kappa shape index (κ3) is 4.07. The minimum absolute atomic E-state index is 0.0764. The Hall–Kier alpha value is -2.21. The molecule has 130 valence electrons. The van der Waals surface area contributed by atoms with Crippen molar-refractivity contribution in [2.75, 3.05) is 6.61 Å². The van der Waals surface area contributed by atoms with Crippen molar-refractivity contribution in [3.63, 3.8) is 0 Å². The summed E-state index contributed by atoms with van der Waals surface area (Å²) in [5.41, 5.74) is 1.39. The van der Waals surface area contributed by atoms with Gasteiger partial charge in [0.15, 0.2) is 0 Å². The molecule has 0 aliphatic rings. The molecule has 0 fully saturated rings. The number of nitrogens with zero attached hydrogens (tertiary/aromatic N) is 2. The predicted molar refractivity (Wildman–Crippen MR) is 97.9 cm³/mol. The van der Waals surface area contributed by atoms with Crippen molar-refractivity contribution >= 4 is 22.4 Å². The summed E-state index contributed by atoms with van der Waals surface area (Å²) in [6, 6.07) is 14.7. The molecule has 6 heteroatoms. The maximum absolute atomic E-state index is 12.5. The maximum atomic E-state index is 12.5. The van der Waals surface area contributed by atoms with Gasteiger partial charge in [-0.3, -0.25) is 4.79 Å². The highest BCUT2D eigenvalue weighted by molar-refractivity contribution is 6.31. The zero-order valence-corrected chi connectivity index (χ0v) is 14.6. The Labute approximate surface area is 150 Å². The lowest BCUT2D eigenvalue weighted by atomic mass is 10.1. The second-order valence-electron chi connectivity index (χ2n) is 5.88. The van der Waals surface area contributed by atoms with Gasteiger partial charge < -0.3 is 9.84 Å². The summed E-state index contributed by atoms with van der Waals surface area (Å²) >= 11 is 6.07. The van der Waals surface area contributed by atoms with Crippen LogP contribution < -0.4 is 5.56 Å². The molecule has 0 bridgehead atoms. The molecule has 5 nitrogen and oxygen atoms in total. The van der Waals surface area contributed by atoms with Crippen LogP contribution in [0.25, 0.3) is 10.8 Å². The third-order valence-corrected chi connectivity index (χ3v) is 4.33. The standard InChI is InChI=1S/C19H19ClN2O3/c1-13-16-7-3-4-8-17(16)19(24)22(21-13)10-15(23)12-25-11-14-6-2-5-9-18(14)20/h2-9,15,23H,10-12H2,1H3/t15-/m0/s1. The van der Waals surface area contributed by atoms with E-state index in [1.54, 1.807) is 12.1 Å². The summed E-state index contributed by atoms with van der Waals surface area (Å²) in [5, 5.41) is 16.5. The molecule has 0 spiro atoms. The molecule has 0 radical (unpaired) electrons. The number of hydrogen-bond acceptors (Lipinski definition) is 4. The first-order valence-electron chi connectivity index (χ1n) is 8.02. The molecule has 2 aromatic carbocycles. The normalized spacial score (nSPS) is 12.4. The zero-order chi connectivity index (χ0) is 17.8. The number of aryl methyl sites for hydroxylation is 1. The van der Waals surface area contributed by atoms with Crippen LogP contribution in [0.5, 0.6) is 0 Å². The minimum atomic E-state index is -0.840. The van der Waals surface area contributed by atoms with E-state index in [2.05, 4.69) is 5.10 Å². The van der Waals surface area contributed by atoms with E-state index in [0.29, 0.717) is 17.0 Å². The van der Waals surface area contributed by atoms with Gasteiger partial charge in [0.2, 0.25) is 0 Å². The van der Waals surface area contributed by atoms with Crippen molar-refractivity contribution in [2.45, 2.75) is 26.2 Å². The van der Waals surface area contributed by atoms with E-state index in [1.807, 2.05) is 43.3 Å². The lowest BCUT2D eigenvalue weighted by Crippen LogP contribution is -2.31. The first kappa shape index (κ1) is 17.6. The average molecular weight is 359 g/mol. The van der Waals surface area contributed by atoms with Gasteiger partial charge in [-0.25, -0.2) is 4.68 Å². The van der Waals surface area contributed by atoms with Crippen molar-refractivity contribution in [1.82, 2.24) is 9.78 Å². The number of rotatable bonds is 6. The summed E-state index contributed by atoms with van der Waals surface area (Å²) in [6.45, 7) is 2.31. The van der Waals surface area contributed by atoms with E-state index >= 15 is 0 Å². The predicted octanol–water partition coefficient (Wildman–Crippen LogP) is 2.94. The number of halogens is 1. The second-order valence-corrected chi connectivity index (χ2v) is 6.29. The van der Waals surface area contributed by atoms with Crippen LogP contribution in [0.2, 0.25) is 5.02 Å². The third-order valence-electron chi connectivity index (χ3n) is 3.96. The molecule has 0 saturated heterocycles. The summed E-state index contributed by atoms with van der Waals surface area (Å²) < 4.78 is 6.81. The van der Waals surface area contributed by atoms with Gasteiger partial charge in [-0.05, 0) is 24.6 Å². The quantitative estimate of drug-likeness (QED) is 0.735. The second kappa shape index (κ2) is 7.78. The Morgan fingerprint density at radius 1 is 1.16 bits per heavy atom. The minimum Gasteiger partial charge on any atom is -0.389 e. The zero-order valence-electron chi connectivity index (χ0n) is 13.9. The molecule has 1 heterocycles. The first-order valence-corrected chi connectivity index (χ1v) is 8.39. The van der Waals surface area contributed by atoms with E-state index in [0.717, 1.165) is 16.6 Å². The Bertz CT molecular complexity index is 939. The molecular weight excluding hydrogens is 340 g/mol. The fraction of sp³-hybridized carbons (Fsp3) is 0.263. The van der Waals surface area contributed by atoms with Crippen molar-refractivity contribution in [1.29, 1.82) is 0 Å². The van der Waals surface area contributed by atoms with Crippen molar-refractivity contribution < 1.29 is 9.84 Å². The Morgan fingerprint density at radius 2 is 1.84 bits per heavy atom. The van der Waals surface area contributed by atoms with Gasteiger partial charge >= 0.3 is 0 Å². The van der Waals surface area contributed by atoms with Gasteiger partial charge in [-0.15, -0.1) is 0 Å². The topological polar surface area (TPSA) is 64.3 Å². The Balaban J connectivity index is 1.66. The number of fused-ring (bicyclic) bond motifs is 1. The molecule has 1 atom stereocenters. The van der Waals surface area contributed by atoms with Crippen LogP contribution in [-0.2, 0) is 17.9 Å². The van der Waals surface area contributed by atoms with Gasteiger partial charge in [0, 0.05) is 10.4 Å². The number of benzene rings is 2. The molecule has 0 unspecified atom stereocenters. The Morgan fingerprint density at radius 3 is 2.60 bits per heavy atom. The van der Waals surface area contributed by atoms with Crippen molar-refractivity contribution in [3.05, 3.63) is 75.2 Å². The van der Waals surface area contributed by atoms with E-state index in [9.17, 15) is 9.90 Å². The van der Waals surface area contributed by atoms with Crippen LogP contribution in [0.15, 0.2) is 53.3 Å². The number of aliphatic hydroxyl groups is 1. The molecule has 1 aromatic heterocycles. The molecule has 0 aliphatic heterocycles. The van der Waals surface area contributed by atoms with Gasteiger partial charge in [-0.1, -0.05) is 48.0 Å². The number of ether oxygens (including phenoxy) is 1. The van der Waals surface area contributed by atoms with Gasteiger partial charge in [0.1, 0.15) is 0 Å². The molecular formula is C19H19ClN2O3. The fourth-order valence-corrected chi connectivity index (χ4v) is 2.89. The van der Waals surface area contributed by atoms with E-state index in [-0.39, 0.29) is 18.7 Å². The SMILES string of the molecule is Cc1nn(C[C@H](O)COCc2ccccc2Cl)c(=O)c2ccccc12. The monoisotopic (exact) mass is 358 g/mol. The summed E-state index contributed by atoms with van der Waals surface area (Å²) in [6.07, 6.45) is -0.840. The van der Waals surface area contributed by atoms with Gasteiger partial charge in [-0.2, -0.15) is 5.10 Å². The smallest absolute Gasteiger partial charge is 0.274 e. The summed E-state index contributed by atoms with van der Waals surface area (Å²) in [5.74, 6) is 0. The molecule has 1 N–H and O–H groups in total. The Kier molecular flexibility index (Phi) is 5.48. The lowest BCUT2D eigenvalue weighted by molar-refractivity contribution is 0.0181. The van der Waals surface area contributed by atoms with Crippen LogP contribution in [0, 0.1) is 6.92 Å². The van der Waals surface area contributed by atoms with Crippen LogP contribution in [-0.4, -0.2) is 27.6 Å². The highest BCUT2D eigenvalue weighted by Crippen LogP contribution is 2.16. The van der Waals surface area contributed by atoms with Crippen LogP contribution in [0.3, 0.4) is 0 Å². The largest absolute Gasteiger partial charge is 0.389 e. The van der Waals surface area contributed by atoms with Crippen LogP contribution >= 0.6 is 11.6 Å². The van der Waals surface area contributed by atoms with E-state index in [4.69, 9.17) is 16.3 Å². The first-order chi connectivity index (χ1) is 12.1. The summed E-state index contributed by atoms with van der Waals surface area (Å²) in [7, 11) is 0. The number of hydrogen-bond donors (Lipinski definition) is 1. The lowest BCUT2D eigenvalue weighted by Gasteiger charge is -2.14. The summed E-state index contributed by atoms with van der Waals surface area (Å²) in [4.78, 5) is 12.5.